The number of aliphatic imine (C=N–C) groups is 1. The van der Waals surface area contributed by atoms with Gasteiger partial charge in [0.1, 0.15) is 5.83 Å². The Labute approximate surface area is 85.4 Å². The molecule has 0 bridgehead atoms. The van der Waals surface area contributed by atoms with E-state index in [-0.39, 0.29) is 11.2 Å². The molecular weight excluding hydrogens is 177 g/mol. The number of allylic oxidation sites excluding steroid dienone is 3. The molecule has 0 aliphatic carbocycles. The minimum Gasteiger partial charge on any atom is -0.265 e. The SMILES string of the molecule is CC1=CN=C(CC(C)(C)C)CC(F)=C1. The van der Waals surface area contributed by atoms with Crippen LogP contribution in [0.2, 0.25) is 0 Å². The summed E-state index contributed by atoms with van der Waals surface area (Å²) in [5.74, 6) is -0.0840. The molecule has 1 rings (SSSR count). The molecule has 0 atom stereocenters. The van der Waals surface area contributed by atoms with Crippen molar-refractivity contribution in [2.45, 2.75) is 40.5 Å². The van der Waals surface area contributed by atoms with Gasteiger partial charge in [-0.15, -0.1) is 0 Å². The maximum Gasteiger partial charge on any atom is 0.106 e. The van der Waals surface area contributed by atoms with E-state index in [0.717, 1.165) is 17.7 Å². The van der Waals surface area contributed by atoms with Gasteiger partial charge >= 0.3 is 0 Å². The van der Waals surface area contributed by atoms with E-state index in [0.29, 0.717) is 6.42 Å². The van der Waals surface area contributed by atoms with E-state index in [2.05, 4.69) is 25.8 Å². The fourth-order valence-corrected chi connectivity index (χ4v) is 1.49. The zero-order valence-corrected chi connectivity index (χ0v) is 9.39. The highest BCUT2D eigenvalue weighted by Gasteiger charge is 2.16. The van der Waals surface area contributed by atoms with Gasteiger partial charge in [-0.1, -0.05) is 20.8 Å². The van der Waals surface area contributed by atoms with Crippen molar-refractivity contribution in [3.05, 3.63) is 23.7 Å². The molecule has 0 saturated carbocycles. The molecule has 0 fully saturated rings. The molecule has 0 unspecified atom stereocenters. The fourth-order valence-electron chi connectivity index (χ4n) is 1.49. The molecule has 0 radical (unpaired) electrons. The van der Waals surface area contributed by atoms with Gasteiger partial charge in [0.15, 0.2) is 0 Å². The summed E-state index contributed by atoms with van der Waals surface area (Å²) >= 11 is 0. The lowest BCUT2D eigenvalue weighted by atomic mass is 9.88. The van der Waals surface area contributed by atoms with E-state index in [1.54, 1.807) is 12.3 Å². The van der Waals surface area contributed by atoms with Gasteiger partial charge in [0.25, 0.3) is 0 Å². The average molecular weight is 195 g/mol. The summed E-state index contributed by atoms with van der Waals surface area (Å²) in [6.45, 7) is 8.28. The summed E-state index contributed by atoms with van der Waals surface area (Å²) in [6, 6.07) is 0. The number of hydrogen-bond donors (Lipinski definition) is 0. The molecule has 0 aromatic carbocycles. The van der Waals surface area contributed by atoms with E-state index >= 15 is 0 Å². The lowest BCUT2D eigenvalue weighted by molar-refractivity contribution is 0.430. The molecule has 0 saturated heterocycles. The maximum atomic E-state index is 13.3. The summed E-state index contributed by atoms with van der Waals surface area (Å²) < 4.78 is 13.3. The highest BCUT2D eigenvalue weighted by Crippen LogP contribution is 2.24. The van der Waals surface area contributed by atoms with Crippen LogP contribution in [0.15, 0.2) is 28.7 Å². The smallest absolute Gasteiger partial charge is 0.106 e. The summed E-state index contributed by atoms with van der Waals surface area (Å²) in [5.41, 5.74) is 1.99. The van der Waals surface area contributed by atoms with E-state index in [4.69, 9.17) is 0 Å². The predicted octanol–water partition coefficient (Wildman–Crippen LogP) is 4.02. The third-order valence-corrected chi connectivity index (χ3v) is 1.94. The second-order valence-corrected chi connectivity index (χ2v) is 5.07. The number of hydrogen-bond acceptors (Lipinski definition) is 1. The first-order chi connectivity index (χ1) is 6.37. The Morgan fingerprint density at radius 3 is 2.64 bits per heavy atom. The van der Waals surface area contributed by atoms with Gasteiger partial charge in [-0.2, -0.15) is 0 Å². The van der Waals surface area contributed by atoms with Crippen molar-refractivity contribution in [3.63, 3.8) is 0 Å². The largest absolute Gasteiger partial charge is 0.265 e. The molecular formula is C12H18FN. The monoisotopic (exact) mass is 195 g/mol. The molecule has 2 heteroatoms. The van der Waals surface area contributed by atoms with Crippen LogP contribution in [0.25, 0.3) is 0 Å². The Balaban J connectivity index is 2.78. The minimum atomic E-state index is -0.0840. The molecule has 1 nitrogen and oxygen atoms in total. The zero-order chi connectivity index (χ0) is 10.8. The number of nitrogens with zero attached hydrogens (tertiary/aromatic N) is 1. The van der Waals surface area contributed by atoms with Crippen LogP contribution in [0.5, 0.6) is 0 Å². The highest BCUT2D eigenvalue weighted by atomic mass is 19.1. The summed E-state index contributed by atoms with van der Waals surface area (Å²) in [4.78, 5) is 4.30. The lowest BCUT2D eigenvalue weighted by Gasteiger charge is -2.18. The summed E-state index contributed by atoms with van der Waals surface area (Å²) in [7, 11) is 0. The van der Waals surface area contributed by atoms with Crippen LogP contribution < -0.4 is 0 Å². The third-order valence-electron chi connectivity index (χ3n) is 1.94. The topological polar surface area (TPSA) is 12.4 Å². The van der Waals surface area contributed by atoms with E-state index < -0.39 is 0 Å². The van der Waals surface area contributed by atoms with Gasteiger partial charge in [0.2, 0.25) is 0 Å². The average Bonchev–Trinajstić information content (AvgIpc) is 2.08. The molecule has 0 N–H and O–H groups in total. The summed E-state index contributed by atoms with van der Waals surface area (Å²) in [5, 5.41) is 0. The van der Waals surface area contributed by atoms with E-state index in [1.165, 1.54) is 0 Å². The number of halogens is 1. The Bertz CT molecular complexity index is 303. The quantitative estimate of drug-likeness (QED) is 0.599. The molecule has 78 valence electrons. The van der Waals surface area contributed by atoms with Crippen molar-refractivity contribution >= 4 is 5.71 Å². The molecule has 1 heterocycles. The van der Waals surface area contributed by atoms with Gasteiger partial charge in [0, 0.05) is 18.3 Å². The molecule has 1 aliphatic rings. The van der Waals surface area contributed by atoms with Crippen LogP contribution >= 0.6 is 0 Å². The Morgan fingerprint density at radius 2 is 2.07 bits per heavy atom. The summed E-state index contributed by atoms with van der Waals surface area (Å²) in [6.07, 6.45) is 4.51. The van der Waals surface area contributed by atoms with Crippen LogP contribution in [0.3, 0.4) is 0 Å². The number of rotatable bonds is 1. The van der Waals surface area contributed by atoms with Crippen molar-refractivity contribution < 1.29 is 4.39 Å². The first-order valence-corrected chi connectivity index (χ1v) is 4.95. The van der Waals surface area contributed by atoms with Gasteiger partial charge in [-0.3, -0.25) is 4.99 Å². The molecule has 0 spiro atoms. The molecule has 1 aliphatic heterocycles. The van der Waals surface area contributed by atoms with Crippen LogP contribution in [-0.4, -0.2) is 5.71 Å². The van der Waals surface area contributed by atoms with Crippen molar-refractivity contribution in [3.8, 4) is 0 Å². The molecule has 0 aromatic heterocycles. The molecule has 0 aromatic rings. The van der Waals surface area contributed by atoms with Crippen molar-refractivity contribution in [2.24, 2.45) is 10.4 Å². The van der Waals surface area contributed by atoms with Crippen LogP contribution in [0.1, 0.15) is 40.5 Å². The highest BCUT2D eigenvalue weighted by molar-refractivity contribution is 5.87. The molecule has 14 heavy (non-hydrogen) atoms. The Kier molecular flexibility index (Phi) is 3.25. The van der Waals surface area contributed by atoms with Crippen LogP contribution in [-0.2, 0) is 0 Å². The zero-order valence-electron chi connectivity index (χ0n) is 9.39. The Morgan fingerprint density at radius 1 is 1.43 bits per heavy atom. The van der Waals surface area contributed by atoms with Crippen LogP contribution in [0.4, 0.5) is 4.39 Å². The second kappa shape index (κ2) is 4.07. The van der Waals surface area contributed by atoms with E-state index in [9.17, 15) is 4.39 Å². The Hall–Kier alpha value is -0.920. The van der Waals surface area contributed by atoms with Gasteiger partial charge in [-0.25, -0.2) is 4.39 Å². The van der Waals surface area contributed by atoms with Crippen molar-refractivity contribution in [1.29, 1.82) is 0 Å². The van der Waals surface area contributed by atoms with Gasteiger partial charge in [0.05, 0.1) is 0 Å². The standard InChI is InChI=1S/C12H18FN/c1-9-5-10(13)6-11(14-8-9)7-12(2,3)4/h5,8H,6-7H2,1-4H3. The minimum absolute atomic E-state index is 0.0840. The van der Waals surface area contributed by atoms with Crippen LogP contribution in [0, 0.1) is 5.41 Å². The third kappa shape index (κ3) is 3.86. The van der Waals surface area contributed by atoms with Gasteiger partial charge in [-0.05, 0) is 30.4 Å². The normalized spacial score (nSPS) is 18.2. The predicted molar refractivity (Wildman–Crippen MR) is 59.1 cm³/mol. The van der Waals surface area contributed by atoms with Crippen molar-refractivity contribution in [2.75, 3.05) is 0 Å². The lowest BCUT2D eigenvalue weighted by Crippen LogP contribution is -2.12. The first-order valence-electron chi connectivity index (χ1n) is 4.95. The second-order valence-electron chi connectivity index (χ2n) is 5.07. The van der Waals surface area contributed by atoms with E-state index in [1.807, 2.05) is 6.92 Å². The first kappa shape index (κ1) is 11.2. The van der Waals surface area contributed by atoms with Gasteiger partial charge < -0.3 is 0 Å². The maximum absolute atomic E-state index is 13.3. The fraction of sp³-hybridized carbons (Fsp3) is 0.583. The molecule has 0 amide bonds. The van der Waals surface area contributed by atoms with Crippen molar-refractivity contribution in [1.82, 2.24) is 0 Å².